The van der Waals surface area contributed by atoms with Gasteiger partial charge in [0.25, 0.3) is 0 Å². The van der Waals surface area contributed by atoms with Crippen LogP contribution in [0.2, 0.25) is 0 Å². The van der Waals surface area contributed by atoms with Crippen molar-refractivity contribution in [2.75, 3.05) is 0 Å². The molecule has 0 radical (unpaired) electrons. The van der Waals surface area contributed by atoms with Crippen LogP contribution in [0.4, 0.5) is 8.78 Å². The van der Waals surface area contributed by atoms with Crippen molar-refractivity contribution in [1.29, 1.82) is 0 Å². The summed E-state index contributed by atoms with van der Waals surface area (Å²) in [6.45, 7) is 3.68. The fraction of sp³-hybridized carbons (Fsp3) is 0.0952. The van der Waals surface area contributed by atoms with Crippen LogP contribution in [0.3, 0.4) is 0 Å². The Bertz CT molecular complexity index is 1110. The second-order valence-electron chi connectivity index (χ2n) is 6.33. The number of hydrogen-bond acceptors (Lipinski definition) is 3. The van der Waals surface area contributed by atoms with Crippen molar-refractivity contribution >= 4 is 0 Å². The molecule has 0 aliphatic rings. The average Bonchev–Trinajstić information content (AvgIpc) is 3.11. The van der Waals surface area contributed by atoms with Gasteiger partial charge in [-0.15, -0.1) is 0 Å². The summed E-state index contributed by atoms with van der Waals surface area (Å²) in [5, 5.41) is 0. The first-order valence-electron chi connectivity index (χ1n) is 8.43. The van der Waals surface area contributed by atoms with Crippen LogP contribution >= 0.6 is 0 Å². The Morgan fingerprint density at radius 3 is 2.56 bits per heavy atom. The second kappa shape index (κ2) is 6.72. The molecule has 0 fully saturated rings. The van der Waals surface area contributed by atoms with Gasteiger partial charge < -0.3 is 4.98 Å². The van der Waals surface area contributed by atoms with Gasteiger partial charge in [0.1, 0.15) is 11.5 Å². The van der Waals surface area contributed by atoms with Gasteiger partial charge in [-0.2, -0.15) is 4.39 Å². The molecule has 4 rings (SSSR count). The predicted octanol–water partition coefficient (Wildman–Crippen LogP) is 5.10. The zero-order valence-electron chi connectivity index (χ0n) is 14.8. The van der Waals surface area contributed by atoms with Crippen molar-refractivity contribution in [2.45, 2.75) is 13.8 Å². The molecule has 0 saturated heterocycles. The summed E-state index contributed by atoms with van der Waals surface area (Å²) in [5.41, 5.74) is 4.60. The van der Waals surface area contributed by atoms with Gasteiger partial charge in [0.05, 0.1) is 11.9 Å². The first-order valence-corrected chi connectivity index (χ1v) is 8.43. The van der Waals surface area contributed by atoms with Gasteiger partial charge in [0, 0.05) is 23.0 Å². The number of halogens is 2. The van der Waals surface area contributed by atoms with Gasteiger partial charge in [-0.25, -0.2) is 19.3 Å². The Balaban J connectivity index is 1.79. The van der Waals surface area contributed by atoms with E-state index in [0.29, 0.717) is 33.9 Å². The van der Waals surface area contributed by atoms with E-state index in [2.05, 4.69) is 19.9 Å². The number of aromatic nitrogens is 4. The molecule has 1 N–H and O–H groups in total. The molecule has 4 nitrogen and oxygen atoms in total. The Morgan fingerprint density at radius 2 is 1.78 bits per heavy atom. The average molecular weight is 362 g/mol. The quantitative estimate of drug-likeness (QED) is 0.516. The van der Waals surface area contributed by atoms with E-state index in [1.807, 2.05) is 19.9 Å². The monoisotopic (exact) mass is 362 g/mol. The van der Waals surface area contributed by atoms with Crippen LogP contribution in [0.1, 0.15) is 11.3 Å². The third-order valence-electron chi connectivity index (χ3n) is 4.31. The van der Waals surface area contributed by atoms with E-state index in [-0.39, 0.29) is 5.82 Å². The Morgan fingerprint density at radius 1 is 0.926 bits per heavy atom. The van der Waals surface area contributed by atoms with E-state index >= 15 is 0 Å². The minimum atomic E-state index is -0.522. The summed E-state index contributed by atoms with van der Waals surface area (Å²) in [6.07, 6.45) is 3.07. The number of rotatable bonds is 3. The molecule has 134 valence electrons. The Labute approximate surface area is 155 Å². The van der Waals surface area contributed by atoms with Gasteiger partial charge in [-0.1, -0.05) is 12.1 Å². The lowest BCUT2D eigenvalue weighted by Crippen LogP contribution is -1.96. The van der Waals surface area contributed by atoms with Crippen molar-refractivity contribution in [1.82, 2.24) is 19.9 Å². The number of benzene rings is 1. The van der Waals surface area contributed by atoms with Crippen LogP contribution in [0, 0.1) is 25.6 Å². The smallest absolute Gasteiger partial charge is 0.220 e. The largest absolute Gasteiger partial charge is 0.337 e. The summed E-state index contributed by atoms with van der Waals surface area (Å²) in [6, 6.07) is 11.6. The fourth-order valence-corrected chi connectivity index (χ4v) is 3.06. The number of H-pyrrole nitrogens is 1. The minimum Gasteiger partial charge on any atom is -0.337 e. The van der Waals surface area contributed by atoms with Crippen molar-refractivity contribution < 1.29 is 8.78 Å². The lowest BCUT2D eigenvalue weighted by atomic mass is 10.0. The molecule has 3 heterocycles. The summed E-state index contributed by atoms with van der Waals surface area (Å²) < 4.78 is 27.7. The van der Waals surface area contributed by atoms with Gasteiger partial charge in [0.2, 0.25) is 5.95 Å². The van der Waals surface area contributed by atoms with Crippen LogP contribution < -0.4 is 0 Å². The minimum absolute atomic E-state index is 0.317. The molecule has 0 aliphatic heterocycles. The van der Waals surface area contributed by atoms with Crippen LogP contribution in [0.15, 0.2) is 54.9 Å². The van der Waals surface area contributed by atoms with E-state index in [1.54, 1.807) is 30.5 Å². The molecular formula is C21H16F2N4. The molecular weight excluding hydrogens is 346 g/mol. The topological polar surface area (TPSA) is 54.5 Å². The highest BCUT2D eigenvalue weighted by atomic mass is 19.1. The van der Waals surface area contributed by atoms with E-state index in [9.17, 15) is 8.78 Å². The Hall–Kier alpha value is -3.41. The number of imidazole rings is 1. The first-order chi connectivity index (χ1) is 13.0. The molecule has 0 spiro atoms. The highest BCUT2D eigenvalue weighted by molar-refractivity contribution is 5.72. The van der Waals surface area contributed by atoms with Crippen molar-refractivity contribution in [3.05, 3.63) is 77.9 Å². The number of aromatic amines is 1. The first kappa shape index (κ1) is 17.0. The number of pyridine rings is 2. The van der Waals surface area contributed by atoms with Crippen LogP contribution in [0.5, 0.6) is 0 Å². The predicted molar refractivity (Wildman–Crippen MR) is 99.9 cm³/mol. The Kier molecular flexibility index (Phi) is 4.24. The van der Waals surface area contributed by atoms with Gasteiger partial charge in [-0.3, -0.25) is 0 Å². The van der Waals surface area contributed by atoms with E-state index in [4.69, 9.17) is 0 Å². The molecule has 1 aromatic carbocycles. The van der Waals surface area contributed by atoms with Gasteiger partial charge in [0.15, 0.2) is 5.82 Å². The van der Waals surface area contributed by atoms with Crippen LogP contribution in [-0.2, 0) is 0 Å². The molecule has 0 atom stereocenters. The molecule has 0 unspecified atom stereocenters. The standard InChI is InChI=1S/C21H16F2N4/c1-12-6-7-24-20(23)19(12)15-8-13(2)26-17(10-15)21-25-11-18(27-21)14-4-3-5-16(22)9-14/h3-11H,1-2H3,(H,25,27). The zero-order chi connectivity index (χ0) is 19.0. The molecule has 0 amide bonds. The summed E-state index contributed by atoms with van der Waals surface area (Å²) in [5.74, 6) is -0.310. The SMILES string of the molecule is Cc1cc(-c2c(C)ccnc2F)cc(-c2ncc(-c3cccc(F)c3)[nH]2)n1. The molecule has 0 aliphatic carbocycles. The third-order valence-corrected chi connectivity index (χ3v) is 4.31. The molecule has 3 aromatic heterocycles. The molecule has 27 heavy (non-hydrogen) atoms. The van der Waals surface area contributed by atoms with Crippen molar-refractivity contribution in [3.63, 3.8) is 0 Å². The second-order valence-corrected chi connectivity index (χ2v) is 6.33. The van der Waals surface area contributed by atoms with E-state index < -0.39 is 5.95 Å². The fourth-order valence-electron chi connectivity index (χ4n) is 3.06. The van der Waals surface area contributed by atoms with E-state index in [1.165, 1.54) is 18.3 Å². The lowest BCUT2D eigenvalue weighted by molar-refractivity contribution is 0.586. The normalized spacial score (nSPS) is 11.0. The molecule has 0 saturated carbocycles. The van der Waals surface area contributed by atoms with Gasteiger partial charge >= 0.3 is 0 Å². The van der Waals surface area contributed by atoms with Gasteiger partial charge in [-0.05, 0) is 55.3 Å². The maximum absolute atomic E-state index is 14.3. The van der Waals surface area contributed by atoms with Crippen molar-refractivity contribution in [2.24, 2.45) is 0 Å². The highest BCUT2D eigenvalue weighted by Crippen LogP contribution is 2.29. The summed E-state index contributed by atoms with van der Waals surface area (Å²) in [7, 11) is 0. The zero-order valence-corrected chi connectivity index (χ0v) is 14.8. The lowest BCUT2D eigenvalue weighted by Gasteiger charge is -2.09. The molecule has 0 bridgehead atoms. The number of nitrogens with one attached hydrogen (secondary N) is 1. The van der Waals surface area contributed by atoms with Crippen molar-refractivity contribution in [3.8, 4) is 33.9 Å². The number of hydrogen-bond donors (Lipinski definition) is 1. The van der Waals surface area contributed by atoms with Crippen LogP contribution in [0.25, 0.3) is 33.9 Å². The maximum atomic E-state index is 14.3. The third kappa shape index (κ3) is 3.33. The van der Waals surface area contributed by atoms with Crippen LogP contribution in [-0.4, -0.2) is 19.9 Å². The molecule has 6 heteroatoms. The number of aryl methyl sites for hydroxylation is 2. The van der Waals surface area contributed by atoms with E-state index in [0.717, 1.165) is 11.3 Å². The highest BCUT2D eigenvalue weighted by Gasteiger charge is 2.14. The molecule has 4 aromatic rings. The summed E-state index contributed by atoms with van der Waals surface area (Å²) in [4.78, 5) is 15.8. The number of nitrogens with zero attached hydrogens (tertiary/aromatic N) is 3. The summed E-state index contributed by atoms with van der Waals surface area (Å²) >= 11 is 0. The maximum Gasteiger partial charge on any atom is 0.220 e.